The fourth-order valence-electron chi connectivity index (χ4n) is 0. The van der Waals surface area contributed by atoms with E-state index in [1.54, 1.807) is 0 Å². The molecule has 5 heteroatoms. The predicted octanol–water partition coefficient (Wildman–Crippen LogP) is -1.66. The minimum Gasteiger partial charge on any atom is -0.394 e. The molecular weight excluding hydrogens is 163 g/mol. The van der Waals surface area contributed by atoms with E-state index in [-0.39, 0.29) is 30.6 Å². The van der Waals surface area contributed by atoms with Gasteiger partial charge in [0, 0.05) is 17.4 Å². The molecule has 0 amide bonds. The Morgan fingerprint density at radius 2 is 1.00 bits per heavy atom. The van der Waals surface area contributed by atoms with Gasteiger partial charge in [-0.1, -0.05) is 0 Å². The van der Waals surface area contributed by atoms with Crippen LogP contribution in [0.25, 0.3) is 0 Å². The highest BCUT2D eigenvalue weighted by molar-refractivity contribution is 5.75. The number of aliphatic hydroxyl groups excluding tert-OH is 4. The summed E-state index contributed by atoms with van der Waals surface area (Å²) in [5.74, 6) is 0. The highest BCUT2D eigenvalue weighted by atomic mass is 27.0. The quantitative estimate of drug-likeness (QED) is 0.382. The van der Waals surface area contributed by atoms with E-state index < -0.39 is 12.2 Å². The normalized spacial score (nSPS) is 13.6. The zero-order chi connectivity index (χ0) is 8.57. The predicted molar refractivity (Wildman–Crippen MR) is 43.3 cm³/mol. The van der Waals surface area contributed by atoms with Crippen molar-refractivity contribution in [1.82, 2.24) is 0 Å². The Kier molecular flexibility index (Phi) is 20.6. The zero-order valence-electron chi connectivity index (χ0n) is 6.94. The van der Waals surface area contributed by atoms with Crippen LogP contribution < -0.4 is 0 Å². The van der Waals surface area contributed by atoms with E-state index in [9.17, 15) is 0 Å². The van der Waals surface area contributed by atoms with Gasteiger partial charge in [0.25, 0.3) is 0 Å². The average Bonchev–Trinajstić information content (AvgIpc) is 1.89. The molecular formula is C6H16AlO4. The molecule has 2 unspecified atom stereocenters. The SMILES string of the molecule is CC(O)CO.CC(O)CO.[Al]. The molecule has 4 nitrogen and oxygen atoms in total. The summed E-state index contributed by atoms with van der Waals surface area (Å²) in [4.78, 5) is 0. The lowest BCUT2D eigenvalue weighted by atomic mass is 10.5. The molecule has 0 rings (SSSR count). The van der Waals surface area contributed by atoms with Gasteiger partial charge in [-0.2, -0.15) is 0 Å². The second kappa shape index (κ2) is 13.0. The van der Waals surface area contributed by atoms with E-state index in [0.717, 1.165) is 0 Å². The van der Waals surface area contributed by atoms with Crippen molar-refractivity contribution >= 4 is 17.4 Å². The summed E-state index contributed by atoms with van der Waals surface area (Å²) in [6.07, 6.45) is -1.12. The van der Waals surface area contributed by atoms with Crippen molar-refractivity contribution in [3.05, 3.63) is 0 Å². The summed E-state index contributed by atoms with van der Waals surface area (Å²) >= 11 is 0. The third-order valence-corrected chi connectivity index (χ3v) is 0.528. The van der Waals surface area contributed by atoms with Crippen LogP contribution in [0.5, 0.6) is 0 Å². The van der Waals surface area contributed by atoms with Crippen molar-refractivity contribution in [2.45, 2.75) is 26.1 Å². The number of rotatable bonds is 2. The van der Waals surface area contributed by atoms with Gasteiger partial charge in [-0.25, -0.2) is 0 Å². The Morgan fingerprint density at radius 1 is 0.909 bits per heavy atom. The van der Waals surface area contributed by atoms with Crippen LogP contribution in [0.1, 0.15) is 13.8 Å². The van der Waals surface area contributed by atoms with Gasteiger partial charge in [-0.3, -0.25) is 0 Å². The topological polar surface area (TPSA) is 80.9 Å². The fraction of sp³-hybridized carbons (Fsp3) is 1.00. The number of hydrogen-bond acceptors (Lipinski definition) is 4. The molecule has 4 N–H and O–H groups in total. The van der Waals surface area contributed by atoms with Gasteiger partial charge >= 0.3 is 0 Å². The van der Waals surface area contributed by atoms with Crippen molar-refractivity contribution in [3.63, 3.8) is 0 Å². The van der Waals surface area contributed by atoms with Gasteiger partial charge in [0.2, 0.25) is 0 Å². The molecule has 0 spiro atoms. The Morgan fingerprint density at radius 3 is 1.00 bits per heavy atom. The van der Waals surface area contributed by atoms with Gasteiger partial charge in [0.1, 0.15) is 0 Å². The maximum atomic E-state index is 8.11. The monoisotopic (exact) mass is 179 g/mol. The second-order valence-electron chi connectivity index (χ2n) is 2.06. The Bertz CT molecular complexity index is 50.5. The van der Waals surface area contributed by atoms with Crippen molar-refractivity contribution in [3.8, 4) is 0 Å². The van der Waals surface area contributed by atoms with Gasteiger partial charge in [-0.05, 0) is 13.8 Å². The summed E-state index contributed by atoms with van der Waals surface area (Å²) in [5.41, 5.74) is 0. The van der Waals surface area contributed by atoms with Crippen LogP contribution >= 0.6 is 0 Å². The van der Waals surface area contributed by atoms with Gasteiger partial charge < -0.3 is 20.4 Å². The summed E-state index contributed by atoms with van der Waals surface area (Å²) in [7, 11) is 0. The van der Waals surface area contributed by atoms with Crippen LogP contribution in [-0.2, 0) is 0 Å². The lowest BCUT2D eigenvalue weighted by molar-refractivity contribution is 0.110. The van der Waals surface area contributed by atoms with Crippen molar-refractivity contribution < 1.29 is 20.4 Å². The molecule has 67 valence electrons. The van der Waals surface area contributed by atoms with Gasteiger partial charge in [0.15, 0.2) is 0 Å². The molecule has 0 aliphatic heterocycles. The maximum Gasteiger partial charge on any atom is 0.0742 e. The van der Waals surface area contributed by atoms with E-state index in [0.29, 0.717) is 0 Å². The second-order valence-corrected chi connectivity index (χ2v) is 2.06. The summed E-state index contributed by atoms with van der Waals surface area (Å²) < 4.78 is 0. The first-order valence-electron chi connectivity index (χ1n) is 3.12. The fourth-order valence-corrected chi connectivity index (χ4v) is 0. The largest absolute Gasteiger partial charge is 0.394 e. The van der Waals surface area contributed by atoms with E-state index >= 15 is 0 Å². The highest BCUT2D eigenvalue weighted by Crippen LogP contribution is 1.69. The molecule has 0 aromatic rings. The molecule has 0 aliphatic carbocycles. The van der Waals surface area contributed by atoms with Crippen LogP contribution in [0.15, 0.2) is 0 Å². The minimum absolute atomic E-state index is 0. The van der Waals surface area contributed by atoms with Crippen LogP contribution in [0.2, 0.25) is 0 Å². The van der Waals surface area contributed by atoms with Crippen molar-refractivity contribution in [1.29, 1.82) is 0 Å². The molecule has 0 aromatic carbocycles. The van der Waals surface area contributed by atoms with Crippen LogP contribution in [0, 0.1) is 0 Å². The van der Waals surface area contributed by atoms with Crippen LogP contribution in [0.3, 0.4) is 0 Å². The maximum absolute atomic E-state index is 8.11. The molecule has 0 bridgehead atoms. The molecule has 0 fully saturated rings. The van der Waals surface area contributed by atoms with E-state index in [1.807, 2.05) is 0 Å². The lowest BCUT2D eigenvalue weighted by Gasteiger charge is -1.90. The summed E-state index contributed by atoms with van der Waals surface area (Å²) in [6.45, 7) is 2.78. The standard InChI is InChI=1S/2C3H8O2.Al/c2*1-3(5)2-4;/h2*3-5H,2H2,1H3;. The zero-order valence-corrected chi connectivity index (χ0v) is 8.09. The minimum atomic E-state index is -0.560. The first kappa shape index (κ1) is 17.5. The first-order chi connectivity index (χ1) is 4.54. The number of hydrogen-bond donors (Lipinski definition) is 4. The van der Waals surface area contributed by atoms with Crippen LogP contribution in [-0.4, -0.2) is 63.2 Å². The molecule has 0 aliphatic rings. The van der Waals surface area contributed by atoms with Crippen molar-refractivity contribution in [2.24, 2.45) is 0 Å². The molecule has 3 radical (unpaired) electrons. The molecule has 2 atom stereocenters. The Hall–Kier alpha value is 0.372. The smallest absolute Gasteiger partial charge is 0.0742 e. The number of aliphatic hydroxyl groups is 4. The molecule has 0 saturated heterocycles. The van der Waals surface area contributed by atoms with E-state index in [1.165, 1.54) is 13.8 Å². The molecule has 11 heavy (non-hydrogen) atoms. The first-order valence-corrected chi connectivity index (χ1v) is 3.12. The van der Waals surface area contributed by atoms with Gasteiger partial charge in [0.05, 0.1) is 25.4 Å². The van der Waals surface area contributed by atoms with E-state index in [4.69, 9.17) is 20.4 Å². The van der Waals surface area contributed by atoms with Crippen LogP contribution in [0.4, 0.5) is 0 Å². The molecule has 0 saturated carbocycles. The Labute approximate surface area is 77.6 Å². The van der Waals surface area contributed by atoms with Crippen molar-refractivity contribution in [2.75, 3.05) is 13.2 Å². The third-order valence-electron chi connectivity index (χ3n) is 0.528. The molecule has 0 aromatic heterocycles. The summed E-state index contributed by atoms with van der Waals surface area (Å²) in [5, 5.41) is 32.0. The van der Waals surface area contributed by atoms with Gasteiger partial charge in [-0.15, -0.1) is 0 Å². The lowest BCUT2D eigenvalue weighted by Crippen LogP contribution is -2.03. The third kappa shape index (κ3) is 38.0. The summed E-state index contributed by atoms with van der Waals surface area (Å²) in [6, 6.07) is 0. The Balaban J connectivity index is -0.000000107. The van der Waals surface area contributed by atoms with E-state index in [2.05, 4.69) is 0 Å². The highest BCUT2D eigenvalue weighted by Gasteiger charge is 1.83. The molecule has 0 heterocycles. The average molecular weight is 179 g/mol.